The Kier molecular flexibility index (Phi) is 7.45. The Balaban J connectivity index is 2.21. The Morgan fingerprint density at radius 1 is 1.17 bits per heavy atom. The minimum Gasteiger partial charge on any atom is -0.314 e. The van der Waals surface area contributed by atoms with E-state index in [1.54, 1.807) is 0 Å². The standard InChI is InChI=1S/C16H27NS/c1-5-7-17-15(4)6-8-18-12-16-10-13(2)9-14(3)11-16/h9-11,15,17H,5-8,12H2,1-4H3. The highest BCUT2D eigenvalue weighted by Gasteiger charge is 2.01. The fourth-order valence-corrected chi connectivity index (χ4v) is 3.16. The normalized spacial score (nSPS) is 12.7. The van der Waals surface area contributed by atoms with Gasteiger partial charge >= 0.3 is 0 Å². The lowest BCUT2D eigenvalue weighted by atomic mass is 10.1. The molecule has 0 radical (unpaired) electrons. The van der Waals surface area contributed by atoms with E-state index in [1.807, 2.05) is 11.8 Å². The number of hydrogen-bond donors (Lipinski definition) is 1. The van der Waals surface area contributed by atoms with Crippen molar-refractivity contribution < 1.29 is 0 Å². The van der Waals surface area contributed by atoms with Crippen LogP contribution < -0.4 is 5.32 Å². The summed E-state index contributed by atoms with van der Waals surface area (Å²) < 4.78 is 0. The molecule has 1 aromatic rings. The second-order valence-electron chi connectivity index (χ2n) is 5.19. The number of thioether (sulfide) groups is 1. The van der Waals surface area contributed by atoms with Gasteiger partial charge in [-0.15, -0.1) is 0 Å². The molecule has 0 heterocycles. The van der Waals surface area contributed by atoms with Crippen molar-refractivity contribution in [3.05, 3.63) is 34.9 Å². The van der Waals surface area contributed by atoms with E-state index in [2.05, 4.69) is 51.2 Å². The van der Waals surface area contributed by atoms with Crippen molar-refractivity contribution in [2.75, 3.05) is 12.3 Å². The van der Waals surface area contributed by atoms with Crippen LogP contribution >= 0.6 is 11.8 Å². The van der Waals surface area contributed by atoms with Crippen LogP contribution in [0.1, 0.15) is 43.4 Å². The number of nitrogens with one attached hydrogen (secondary N) is 1. The van der Waals surface area contributed by atoms with E-state index >= 15 is 0 Å². The molecule has 1 N–H and O–H groups in total. The van der Waals surface area contributed by atoms with Crippen LogP contribution in [0.5, 0.6) is 0 Å². The van der Waals surface area contributed by atoms with Gasteiger partial charge in [0.25, 0.3) is 0 Å². The lowest BCUT2D eigenvalue weighted by Crippen LogP contribution is -2.27. The molecule has 0 amide bonds. The van der Waals surface area contributed by atoms with Crippen molar-refractivity contribution in [2.24, 2.45) is 0 Å². The Morgan fingerprint density at radius 2 is 1.83 bits per heavy atom. The first-order valence-electron chi connectivity index (χ1n) is 7.00. The average molecular weight is 265 g/mol. The molecule has 0 aliphatic heterocycles. The van der Waals surface area contributed by atoms with Crippen molar-refractivity contribution >= 4 is 11.8 Å². The summed E-state index contributed by atoms with van der Waals surface area (Å²) in [5, 5.41) is 3.54. The zero-order valence-corrected chi connectivity index (χ0v) is 13.1. The molecule has 1 nitrogen and oxygen atoms in total. The van der Waals surface area contributed by atoms with Gasteiger partial charge in [-0.1, -0.05) is 36.2 Å². The zero-order valence-electron chi connectivity index (χ0n) is 12.3. The zero-order chi connectivity index (χ0) is 13.4. The van der Waals surface area contributed by atoms with Gasteiger partial charge in [0, 0.05) is 11.8 Å². The van der Waals surface area contributed by atoms with Crippen LogP contribution in [0.3, 0.4) is 0 Å². The van der Waals surface area contributed by atoms with Gasteiger partial charge in [0.1, 0.15) is 0 Å². The van der Waals surface area contributed by atoms with E-state index in [0.717, 1.165) is 12.3 Å². The minimum atomic E-state index is 0.650. The van der Waals surface area contributed by atoms with Gasteiger partial charge in [0.15, 0.2) is 0 Å². The SMILES string of the molecule is CCCNC(C)CCSCc1cc(C)cc(C)c1. The summed E-state index contributed by atoms with van der Waals surface area (Å²) in [5.41, 5.74) is 4.22. The van der Waals surface area contributed by atoms with Crippen LogP contribution in [0.4, 0.5) is 0 Å². The second-order valence-corrected chi connectivity index (χ2v) is 6.30. The molecule has 0 aromatic heterocycles. The average Bonchev–Trinajstić information content (AvgIpc) is 2.31. The van der Waals surface area contributed by atoms with Crippen molar-refractivity contribution in [3.63, 3.8) is 0 Å². The highest BCUT2D eigenvalue weighted by molar-refractivity contribution is 7.98. The number of aryl methyl sites for hydroxylation is 2. The smallest absolute Gasteiger partial charge is 0.0184 e. The Bertz CT molecular complexity index is 329. The molecule has 0 fully saturated rings. The Labute approximate surface area is 117 Å². The van der Waals surface area contributed by atoms with E-state index in [4.69, 9.17) is 0 Å². The lowest BCUT2D eigenvalue weighted by Gasteiger charge is -2.12. The molecule has 0 saturated carbocycles. The van der Waals surface area contributed by atoms with Crippen LogP contribution in [-0.4, -0.2) is 18.3 Å². The summed E-state index contributed by atoms with van der Waals surface area (Å²) in [6.45, 7) is 10.0. The molecule has 0 aliphatic carbocycles. The molecule has 1 rings (SSSR count). The predicted octanol–water partition coefficient (Wildman–Crippen LogP) is 4.31. The fraction of sp³-hybridized carbons (Fsp3) is 0.625. The molecule has 102 valence electrons. The number of benzene rings is 1. The fourth-order valence-electron chi connectivity index (χ4n) is 2.10. The van der Waals surface area contributed by atoms with Gasteiger partial charge in [-0.2, -0.15) is 11.8 Å². The molecule has 1 atom stereocenters. The van der Waals surface area contributed by atoms with E-state index in [-0.39, 0.29) is 0 Å². The Hall–Kier alpha value is -0.470. The molecule has 0 spiro atoms. The first kappa shape index (κ1) is 15.6. The molecule has 1 aromatic carbocycles. The molecular weight excluding hydrogens is 238 g/mol. The molecule has 0 saturated heterocycles. The molecular formula is C16H27NS. The molecule has 1 unspecified atom stereocenters. The first-order chi connectivity index (χ1) is 8.61. The van der Waals surface area contributed by atoms with Crippen LogP contribution in [-0.2, 0) is 5.75 Å². The minimum absolute atomic E-state index is 0.650. The number of rotatable bonds is 8. The van der Waals surface area contributed by atoms with E-state index in [0.29, 0.717) is 6.04 Å². The monoisotopic (exact) mass is 265 g/mol. The molecule has 2 heteroatoms. The van der Waals surface area contributed by atoms with Crippen molar-refractivity contribution in [2.45, 2.75) is 52.3 Å². The molecule has 18 heavy (non-hydrogen) atoms. The van der Waals surface area contributed by atoms with Gasteiger partial charge in [-0.05, 0) is 51.5 Å². The van der Waals surface area contributed by atoms with Crippen LogP contribution in [0.15, 0.2) is 18.2 Å². The molecule has 0 aliphatic rings. The maximum atomic E-state index is 3.54. The second kappa shape index (κ2) is 8.60. The first-order valence-corrected chi connectivity index (χ1v) is 8.15. The summed E-state index contributed by atoms with van der Waals surface area (Å²) in [5.74, 6) is 2.38. The number of hydrogen-bond acceptors (Lipinski definition) is 2. The summed E-state index contributed by atoms with van der Waals surface area (Å²) >= 11 is 2.05. The van der Waals surface area contributed by atoms with Gasteiger partial charge in [-0.25, -0.2) is 0 Å². The van der Waals surface area contributed by atoms with Gasteiger partial charge in [-0.3, -0.25) is 0 Å². The highest BCUT2D eigenvalue weighted by Crippen LogP contribution is 2.16. The van der Waals surface area contributed by atoms with Crippen molar-refractivity contribution in [3.8, 4) is 0 Å². The third-order valence-corrected chi connectivity index (χ3v) is 4.05. The maximum absolute atomic E-state index is 3.54. The van der Waals surface area contributed by atoms with E-state index < -0.39 is 0 Å². The Morgan fingerprint density at radius 3 is 2.44 bits per heavy atom. The summed E-state index contributed by atoms with van der Waals surface area (Å²) in [7, 11) is 0. The van der Waals surface area contributed by atoms with Gasteiger partial charge in [0.05, 0.1) is 0 Å². The van der Waals surface area contributed by atoms with Crippen LogP contribution in [0.25, 0.3) is 0 Å². The summed E-state index contributed by atoms with van der Waals surface area (Å²) in [6.07, 6.45) is 2.48. The van der Waals surface area contributed by atoms with Gasteiger partial charge < -0.3 is 5.32 Å². The quantitative estimate of drug-likeness (QED) is 0.703. The maximum Gasteiger partial charge on any atom is 0.0184 e. The topological polar surface area (TPSA) is 12.0 Å². The highest BCUT2D eigenvalue weighted by atomic mass is 32.2. The largest absolute Gasteiger partial charge is 0.314 e. The third-order valence-electron chi connectivity index (χ3n) is 2.99. The summed E-state index contributed by atoms with van der Waals surface area (Å²) in [6, 6.07) is 7.50. The third kappa shape index (κ3) is 6.46. The van der Waals surface area contributed by atoms with Crippen LogP contribution in [0, 0.1) is 13.8 Å². The van der Waals surface area contributed by atoms with Crippen molar-refractivity contribution in [1.29, 1.82) is 0 Å². The summed E-state index contributed by atoms with van der Waals surface area (Å²) in [4.78, 5) is 0. The van der Waals surface area contributed by atoms with Crippen LogP contribution in [0.2, 0.25) is 0 Å². The lowest BCUT2D eigenvalue weighted by molar-refractivity contribution is 0.536. The van der Waals surface area contributed by atoms with E-state index in [9.17, 15) is 0 Å². The van der Waals surface area contributed by atoms with Crippen molar-refractivity contribution in [1.82, 2.24) is 5.32 Å². The van der Waals surface area contributed by atoms with Gasteiger partial charge in [0.2, 0.25) is 0 Å². The predicted molar refractivity (Wildman–Crippen MR) is 84.5 cm³/mol. The molecule has 0 bridgehead atoms. The van der Waals surface area contributed by atoms with E-state index in [1.165, 1.54) is 35.3 Å².